The second-order valence-electron chi connectivity index (χ2n) is 2.85. The number of benzene rings is 1. The molecule has 0 aliphatic heterocycles. The predicted molar refractivity (Wildman–Crippen MR) is 52.2 cm³/mol. The van der Waals surface area contributed by atoms with Crippen LogP contribution in [-0.2, 0) is 0 Å². The van der Waals surface area contributed by atoms with Crippen molar-refractivity contribution in [3.63, 3.8) is 0 Å². The standard InChI is InChI=1S/C8H5BrF3NO3/c1-4-2-3-5(16-8(10,11)12)6(9)7(4)13(14)15/h2-3H,1H3. The summed E-state index contributed by atoms with van der Waals surface area (Å²) in [6, 6.07) is 2.20. The number of alkyl halides is 3. The van der Waals surface area contributed by atoms with Gasteiger partial charge in [0.25, 0.3) is 5.69 Å². The van der Waals surface area contributed by atoms with E-state index in [0.29, 0.717) is 0 Å². The van der Waals surface area contributed by atoms with Crippen molar-refractivity contribution in [2.75, 3.05) is 0 Å². The van der Waals surface area contributed by atoms with Crippen LogP contribution in [0.2, 0.25) is 0 Å². The van der Waals surface area contributed by atoms with Gasteiger partial charge in [0.15, 0.2) is 5.75 Å². The molecular formula is C8H5BrF3NO3. The third kappa shape index (κ3) is 2.84. The Morgan fingerprint density at radius 3 is 2.44 bits per heavy atom. The van der Waals surface area contributed by atoms with Gasteiger partial charge < -0.3 is 4.74 Å². The monoisotopic (exact) mass is 299 g/mol. The van der Waals surface area contributed by atoms with Crippen LogP contribution in [0, 0.1) is 17.0 Å². The van der Waals surface area contributed by atoms with E-state index >= 15 is 0 Å². The van der Waals surface area contributed by atoms with Gasteiger partial charge in [0.2, 0.25) is 0 Å². The molecule has 0 atom stereocenters. The Kier molecular flexibility index (Phi) is 3.41. The minimum atomic E-state index is -4.88. The van der Waals surface area contributed by atoms with Crippen LogP contribution in [0.1, 0.15) is 5.56 Å². The first kappa shape index (κ1) is 12.8. The van der Waals surface area contributed by atoms with Crippen LogP contribution in [0.25, 0.3) is 0 Å². The molecule has 16 heavy (non-hydrogen) atoms. The molecule has 0 saturated heterocycles. The maximum absolute atomic E-state index is 11.9. The lowest BCUT2D eigenvalue weighted by molar-refractivity contribution is -0.386. The van der Waals surface area contributed by atoms with Crippen LogP contribution in [0.4, 0.5) is 18.9 Å². The number of nitro groups is 1. The number of nitrogens with zero attached hydrogens (tertiary/aromatic N) is 1. The summed E-state index contributed by atoms with van der Waals surface area (Å²) in [7, 11) is 0. The highest BCUT2D eigenvalue weighted by Gasteiger charge is 2.33. The molecule has 88 valence electrons. The molecule has 8 heteroatoms. The van der Waals surface area contributed by atoms with E-state index < -0.39 is 22.7 Å². The van der Waals surface area contributed by atoms with E-state index in [9.17, 15) is 23.3 Å². The van der Waals surface area contributed by atoms with Crippen molar-refractivity contribution in [3.8, 4) is 5.75 Å². The Bertz CT molecular complexity index is 433. The zero-order valence-electron chi connectivity index (χ0n) is 7.84. The molecule has 0 heterocycles. The van der Waals surface area contributed by atoms with E-state index in [-0.39, 0.29) is 10.0 Å². The van der Waals surface area contributed by atoms with Crippen LogP contribution < -0.4 is 4.74 Å². The second kappa shape index (κ2) is 4.28. The summed E-state index contributed by atoms with van der Waals surface area (Å²) < 4.78 is 39.1. The van der Waals surface area contributed by atoms with Crippen LogP contribution in [0.5, 0.6) is 5.75 Å². The molecule has 0 amide bonds. The number of ether oxygens (including phenoxy) is 1. The van der Waals surface area contributed by atoms with E-state index in [1.807, 2.05) is 0 Å². The SMILES string of the molecule is Cc1ccc(OC(F)(F)F)c(Br)c1[N+](=O)[O-]. The summed E-state index contributed by atoms with van der Waals surface area (Å²) in [6.07, 6.45) is -4.88. The number of hydrogen-bond donors (Lipinski definition) is 0. The van der Waals surface area contributed by atoms with Crippen LogP contribution in [-0.4, -0.2) is 11.3 Å². The van der Waals surface area contributed by atoms with Gasteiger partial charge in [-0.15, -0.1) is 13.2 Å². The molecule has 0 spiro atoms. The molecule has 0 unspecified atom stereocenters. The van der Waals surface area contributed by atoms with Crippen molar-refractivity contribution in [2.24, 2.45) is 0 Å². The van der Waals surface area contributed by atoms with Crippen molar-refractivity contribution in [1.82, 2.24) is 0 Å². The fourth-order valence-electron chi connectivity index (χ4n) is 1.07. The third-order valence-electron chi connectivity index (χ3n) is 1.69. The summed E-state index contributed by atoms with van der Waals surface area (Å²) >= 11 is 2.72. The topological polar surface area (TPSA) is 52.4 Å². The van der Waals surface area contributed by atoms with Gasteiger partial charge in [0, 0.05) is 5.56 Å². The maximum Gasteiger partial charge on any atom is 0.573 e. The molecule has 0 aromatic heterocycles. The van der Waals surface area contributed by atoms with Crippen molar-refractivity contribution in [2.45, 2.75) is 13.3 Å². The van der Waals surface area contributed by atoms with E-state index in [1.54, 1.807) is 0 Å². The molecule has 4 nitrogen and oxygen atoms in total. The fourth-order valence-corrected chi connectivity index (χ4v) is 1.74. The molecule has 1 rings (SSSR count). The lowest BCUT2D eigenvalue weighted by Gasteiger charge is -2.11. The van der Waals surface area contributed by atoms with Gasteiger partial charge in [0.1, 0.15) is 4.47 Å². The van der Waals surface area contributed by atoms with Gasteiger partial charge >= 0.3 is 6.36 Å². The van der Waals surface area contributed by atoms with E-state index in [4.69, 9.17) is 0 Å². The number of rotatable bonds is 2. The average molecular weight is 300 g/mol. The first-order chi connectivity index (χ1) is 7.22. The Morgan fingerprint density at radius 2 is 2.00 bits per heavy atom. The summed E-state index contributed by atoms with van der Waals surface area (Å²) in [5.74, 6) is -0.634. The highest BCUT2D eigenvalue weighted by atomic mass is 79.9. The summed E-state index contributed by atoms with van der Waals surface area (Å²) in [6.45, 7) is 1.42. The van der Waals surface area contributed by atoms with Gasteiger partial charge in [-0.2, -0.15) is 0 Å². The third-order valence-corrected chi connectivity index (χ3v) is 2.46. The first-order valence-corrected chi connectivity index (χ1v) is 4.71. The van der Waals surface area contributed by atoms with Gasteiger partial charge in [-0.05, 0) is 35.0 Å². The first-order valence-electron chi connectivity index (χ1n) is 3.91. The molecule has 0 aliphatic carbocycles. The quantitative estimate of drug-likeness (QED) is 0.620. The van der Waals surface area contributed by atoms with E-state index in [2.05, 4.69) is 20.7 Å². The predicted octanol–water partition coefficient (Wildman–Crippen LogP) is 3.56. The molecule has 0 radical (unpaired) electrons. The summed E-state index contributed by atoms with van der Waals surface area (Å²) in [4.78, 5) is 9.82. The average Bonchev–Trinajstić information content (AvgIpc) is 2.07. The maximum atomic E-state index is 11.9. The Morgan fingerprint density at radius 1 is 1.44 bits per heavy atom. The molecule has 0 bridgehead atoms. The van der Waals surface area contributed by atoms with Gasteiger partial charge in [0.05, 0.1) is 4.92 Å². The second-order valence-corrected chi connectivity index (χ2v) is 3.64. The van der Waals surface area contributed by atoms with Crippen LogP contribution in [0.3, 0.4) is 0 Å². The Labute approximate surface area is 96.3 Å². The van der Waals surface area contributed by atoms with E-state index in [0.717, 1.165) is 6.07 Å². The minimum Gasteiger partial charge on any atom is -0.404 e. The number of nitro benzene ring substituents is 1. The number of aryl methyl sites for hydroxylation is 1. The molecule has 0 fully saturated rings. The summed E-state index contributed by atoms with van der Waals surface area (Å²) in [5.41, 5.74) is -0.201. The zero-order chi connectivity index (χ0) is 12.5. The molecule has 1 aromatic carbocycles. The van der Waals surface area contributed by atoms with E-state index in [1.165, 1.54) is 13.0 Å². The highest BCUT2D eigenvalue weighted by molar-refractivity contribution is 9.10. The van der Waals surface area contributed by atoms with Crippen molar-refractivity contribution in [3.05, 3.63) is 32.3 Å². The highest BCUT2D eigenvalue weighted by Crippen LogP contribution is 2.38. The molecule has 0 N–H and O–H groups in total. The number of hydrogen-bond acceptors (Lipinski definition) is 3. The Hall–Kier alpha value is -1.31. The lowest BCUT2D eigenvalue weighted by Crippen LogP contribution is -2.17. The molecule has 0 saturated carbocycles. The van der Waals surface area contributed by atoms with Crippen molar-refractivity contribution < 1.29 is 22.8 Å². The van der Waals surface area contributed by atoms with Crippen LogP contribution in [0.15, 0.2) is 16.6 Å². The van der Waals surface area contributed by atoms with Gasteiger partial charge in [-0.1, -0.05) is 0 Å². The molecule has 0 aliphatic rings. The minimum absolute atomic E-state index is 0.242. The fraction of sp³-hybridized carbons (Fsp3) is 0.250. The number of halogens is 4. The Balaban J connectivity index is 3.24. The normalized spacial score (nSPS) is 11.3. The zero-order valence-corrected chi connectivity index (χ0v) is 9.42. The van der Waals surface area contributed by atoms with Crippen LogP contribution >= 0.6 is 15.9 Å². The summed E-state index contributed by atoms with van der Waals surface area (Å²) in [5, 5.41) is 10.6. The molecule has 1 aromatic rings. The molecular weight excluding hydrogens is 295 g/mol. The largest absolute Gasteiger partial charge is 0.573 e. The lowest BCUT2D eigenvalue weighted by atomic mass is 10.2. The van der Waals surface area contributed by atoms with Gasteiger partial charge in [-0.25, -0.2) is 0 Å². The smallest absolute Gasteiger partial charge is 0.404 e. The van der Waals surface area contributed by atoms with Gasteiger partial charge in [-0.3, -0.25) is 10.1 Å². The van der Waals surface area contributed by atoms with Crippen molar-refractivity contribution in [1.29, 1.82) is 0 Å². The van der Waals surface area contributed by atoms with Crippen molar-refractivity contribution >= 4 is 21.6 Å².